The molecule has 0 saturated carbocycles. The molecule has 4 nitrogen and oxygen atoms in total. The zero-order valence-electron chi connectivity index (χ0n) is 19.6. The second-order valence-corrected chi connectivity index (χ2v) is 9.74. The summed E-state index contributed by atoms with van der Waals surface area (Å²) in [6.45, 7) is 2.62. The van der Waals surface area contributed by atoms with Gasteiger partial charge < -0.3 is 10.2 Å². The summed E-state index contributed by atoms with van der Waals surface area (Å²) >= 11 is 0.707. The van der Waals surface area contributed by atoms with Gasteiger partial charge in [0, 0.05) is 42.8 Å². The molecule has 1 saturated heterocycles. The fourth-order valence-corrected chi connectivity index (χ4v) is 5.48. The van der Waals surface area contributed by atoms with Gasteiger partial charge in [0.1, 0.15) is 0 Å². The number of hydrogen-bond acceptors (Lipinski definition) is 4. The zero-order chi connectivity index (χ0) is 26.8. The predicted octanol–water partition coefficient (Wildman–Crippen LogP) is 6.41. The Labute approximate surface area is 212 Å². The predicted molar refractivity (Wildman–Crippen MR) is 128 cm³/mol. The summed E-state index contributed by atoms with van der Waals surface area (Å²) in [6.07, 6.45) is -8.01. The van der Waals surface area contributed by atoms with Crippen LogP contribution < -0.4 is 10.2 Å². The van der Waals surface area contributed by atoms with Crippen molar-refractivity contribution in [3.63, 3.8) is 0 Å². The van der Waals surface area contributed by atoms with Gasteiger partial charge in [-0.05, 0) is 43.7 Å². The fraction of sp³-hybridized carbons (Fsp3) is 0.400. The lowest BCUT2D eigenvalue weighted by atomic mass is 10.1. The fourth-order valence-electron chi connectivity index (χ4n) is 4.50. The van der Waals surface area contributed by atoms with E-state index in [0.29, 0.717) is 56.9 Å². The number of anilines is 1. The summed E-state index contributed by atoms with van der Waals surface area (Å²) < 4.78 is 94.8. The van der Waals surface area contributed by atoms with E-state index in [0.717, 1.165) is 18.2 Å². The highest BCUT2D eigenvalue weighted by atomic mass is 32.1. The van der Waals surface area contributed by atoms with E-state index < -0.39 is 40.1 Å². The normalized spacial score (nSPS) is 15.4. The van der Waals surface area contributed by atoms with Gasteiger partial charge >= 0.3 is 12.4 Å². The molecule has 0 aliphatic carbocycles. The summed E-state index contributed by atoms with van der Waals surface area (Å²) in [5, 5.41) is 1.78. The van der Waals surface area contributed by atoms with Crippen LogP contribution in [-0.2, 0) is 12.4 Å². The number of amides is 1. The van der Waals surface area contributed by atoms with Gasteiger partial charge in [-0.15, -0.1) is 11.3 Å². The molecule has 2 aromatic carbocycles. The Morgan fingerprint density at radius 2 is 1.51 bits per heavy atom. The highest BCUT2D eigenvalue weighted by Gasteiger charge is 2.36. The first kappa shape index (κ1) is 27.2. The van der Waals surface area contributed by atoms with Crippen LogP contribution in [0, 0.1) is 5.13 Å². The zero-order valence-corrected chi connectivity index (χ0v) is 20.4. The van der Waals surface area contributed by atoms with Gasteiger partial charge in [0.15, 0.2) is 0 Å². The topological polar surface area (TPSA) is 35.6 Å². The highest BCUT2D eigenvalue weighted by molar-refractivity contribution is 7.18. The molecule has 0 spiro atoms. The lowest BCUT2D eigenvalue weighted by Crippen LogP contribution is -2.47. The Kier molecular flexibility index (Phi) is 7.98. The van der Waals surface area contributed by atoms with E-state index in [2.05, 4.69) is 10.2 Å². The van der Waals surface area contributed by atoms with Crippen LogP contribution in [0.4, 0.5) is 36.4 Å². The summed E-state index contributed by atoms with van der Waals surface area (Å²) in [5.74, 6) is -0.787. The van der Waals surface area contributed by atoms with Crippen molar-refractivity contribution in [1.29, 1.82) is 0 Å². The van der Waals surface area contributed by atoms with Gasteiger partial charge in [0.25, 0.3) is 5.91 Å². The van der Waals surface area contributed by atoms with Crippen LogP contribution in [0.5, 0.6) is 0 Å². The number of carbonyl (C=O) groups is 1. The Morgan fingerprint density at radius 3 is 2.19 bits per heavy atom. The van der Waals surface area contributed by atoms with Crippen LogP contribution in [0.1, 0.15) is 34.3 Å². The maximum absolute atomic E-state index is 14.7. The Morgan fingerprint density at radius 1 is 0.865 bits per heavy atom. The van der Waals surface area contributed by atoms with Crippen molar-refractivity contribution in [2.75, 3.05) is 44.2 Å². The van der Waals surface area contributed by atoms with Crippen LogP contribution in [0.25, 0.3) is 10.1 Å². The maximum Gasteiger partial charge on any atom is 0.417 e. The largest absolute Gasteiger partial charge is 0.417 e. The molecule has 2 heterocycles. The monoisotopic (exact) mass is 547 g/mol. The molecule has 1 N–H and O–H groups in total. The van der Waals surface area contributed by atoms with Crippen molar-refractivity contribution in [1.82, 2.24) is 10.2 Å². The van der Waals surface area contributed by atoms with E-state index in [1.54, 1.807) is 4.90 Å². The number of halogens is 7. The van der Waals surface area contributed by atoms with Crippen molar-refractivity contribution in [2.24, 2.45) is 0 Å². The van der Waals surface area contributed by atoms with E-state index in [-0.39, 0.29) is 22.3 Å². The van der Waals surface area contributed by atoms with Crippen molar-refractivity contribution in [3.8, 4) is 0 Å². The smallest absolute Gasteiger partial charge is 0.365 e. The van der Waals surface area contributed by atoms with Crippen molar-refractivity contribution < 1.29 is 35.5 Å². The lowest BCUT2D eigenvalue weighted by Gasteiger charge is -2.36. The van der Waals surface area contributed by atoms with E-state index in [1.807, 2.05) is 0 Å². The standard InChI is InChI=1S/C25H24F7N3OS/c26-22-21(20-18(25(30,31)32)8-5-9-19(20)37-22)35-14-12-34(13-15-35)11-4-3-10-33-23(36)16-6-1-2-7-17(16)24(27,28)29/h1-2,5-9H,3-4,10-15H2,(H,33,36). The molecule has 1 amide bonds. The molecule has 200 valence electrons. The van der Waals surface area contributed by atoms with Crippen molar-refractivity contribution >= 4 is 33.0 Å². The third-order valence-corrected chi connectivity index (χ3v) is 7.24. The van der Waals surface area contributed by atoms with E-state index >= 15 is 0 Å². The molecule has 0 unspecified atom stereocenters. The third kappa shape index (κ3) is 6.18. The molecular weight excluding hydrogens is 523 g/mol. The van der Waals surface area contributed by atoms with Crippen molar-refractivity contribution in [3.05, 3.63) is 64.3 Å². The average molecular weight is 548 g/mol. The second-order valence-electron chi connectivity index (χ2n) is 8.74. The number of alkyl halides is 6. The number of piperazine rings is 1. The van der Waals surface area contributed by atoms with Crippen LogP contribution in [-0.4, -0.2) is 50.1 Å². The molecule has 1 aliphatic rings. The van der Waals surface area contributed by atoms with Gasteiger partial charge in [-0.3, -0.25) is 9.69 Å². The summed E-state index contributed by atoms with van der Waals surface area (Å²) in [4.78, 5) is 15.9. The average Bonchev–Trinajstić information content (AvgIpc) is 3.18. The minimum absolute atomic E-state index is 0.00516. The lowest BCUT2D eigenvalue weighted by molar-refractivity contribution is -0.138. The molecule has 1 aliphatic heterocycles. The first-order chi connectivity index (χ1) is 17.5. The SMILES string of the molecule is O=C(NCCCCN1CCN(c2c(F)sc3cccc(C(F)(F)F)c23)CC1)c1ccccc1C(F)(F)F. The number of fused-ring (bicyclic) bond motifs is 1. The quantitative estimate of drug-likeness (QED) is 0.274. The van der Waals surface area contributed by atoms with Gasteiger partial charge in [-0.2, -0.15) is 30.7 Å². The molecule has 3 aromatic rings. The minimum Gasteiger partial charge on any atom is -0.365 e. The number of unbranched alkanes of at least 4 members (excludes halogenated alkanes) is 1. The van der Waals surface area contributed by atoms with E-state index in [4.69, 9.17) is 0 Å². The number of rotatable bonds is 7. The van der Waals surface area contributed by atoms with E-state index in [1.165, 1.54) is 24.3 Å². The molecule has 0 atom stereocenters. The minimum atomic E-state index is -4.62. The van der Waals surface area contributed by atoms with Gasteiger partial charge in [0.2, 0.25) is 5.13 Å². The molecule has 0 bridgehead atoms. The third-order valence-electron chi connectivity index (χ3n) is 6.31. The Hall–Kier alpha value is -2.86. The molecule has 0 radical (unpaired) electrons. The second kappa shape index (κ2) is 10.9. The van der Waals surface area contributed by atoms with Crippen molar-refractivity contribution in [2.45, 2.75) is 25.2 Å². The Balaban J connectivity index is 1.27. The first-order valence-electron chi connectivity index (χ1n) is 11.7. The first-order valence-corrected chi connectivity index (χ1v) is 12.5. The Bertz CT molecular complexity index is 1250. The molecular formula is C25H24F7N3OS. The van der Waals surface area contributed by atoms with Crippen LogP contribution in [0.15, 0.2) is 42.5 Å². The molecule has 4 rings (SSSR count). The molecule has 37 heavy (non-hydrogen) atoms. The van der Waals surface area contributed by atoms with Gasteiger partial charge in [-0.25, -0.2) is 0 Å². The molecule has 12 heteroatoms. The maximum atomic E-state index is 14.7. The number of carbonyl (C=O) groups excluding carboxylic acids is 1. The number of thiophene rings is 1. The van der Waals surface area contributed by atoms with Crippen LogP contribution in [0.2, 0.25) is 0 Å². The highest BCUT2D eigenvalue weighted by Crippen LogP contribution is 2.44. The number of hydrogen-bond donors (Lipinski definition) is 1. The van der Waals surface area contributed by atoms with Gasteiger partial charge in [-0.1, -0.05) is 18.2 Å². The summed E-state index contributed by atoms with van der Waals surface area (Å²) in [6, 6.07) is 8.33. The number of nitrogens with one attached hydrogen (secondary N) is 1. The molecule has 1 fully saturated rings. The number of benzene rings is 2. The summed E-state index contributed by atoms with van der Waals surface area (Å²) in [5.41, 5.74) is -2.26. The van der Waals surface area contributed by atoms with Crippen LogP contribution in [0.3, 0.4) is 0 Å². The number of nitrogens with zero attached hydrogens (tertiary/aromatic N) is 2. The molecule has 1 aromatic heterocycles. The van der Waals surface area contributed by atoms with E-state index in [9.17, 15) is 35.5 Å². The van der Waals surface area contributed by atoms with Crippen LogP contribution >= 0.6 is 11.3 Å². The summed E-state index contributed by atoms with van der Waals surface area (Å²) in [7, 11) is 0. The van der Waals surface area contributed by atoms with Gasteiger partial charge in [0.05, 0.1) is 22.4 Å².